The molecule has 0 aromatic heterocycles. The molecule has 3 N–H and O–H groups in total. The van der Waals surface area contributed by atoms with E-state index in [0.717, 1.165) is 5.84 Å². The molecule has 0 spiro atoms. The van der Waals surface area contributed by atoms with Crippen molar-refractivity contribution in [1.29, 1.82) is 0 Å². The van der Waals surface area contributed by atoms with Crippen LogP contribution in [0.5, 0.6) is 0 Å². The highest BCUT2D eigenvalue weighted by Crippen LogP contribution is 2.23. The second kappa shape index (κ2) is 3.53. The van der Waals surface area contributed by atoms with Gasteiger partial charge in [0.05, 0.1) is 6.04 Å². The topological polar surface area (TPSA) is 59.6 Å². The van der Waals surface area contributed by atoms with Gasteiger partial charge in [0.25, 0.3) is 0 Å². The second-order valence-electron chi connectivity index (χ2n) is 2.38. The molecular formula is C6H13N3O. The van der Waals surface area contributed by atoms with Crippen LogP contribution in [-0.2, 0) is 4.74 Å². The van der Waals surface area contributed by atoms with E-state index in [1.165, 1.54) is 12.8 Å². The van der Waals surface area contributed by atoms with E-state index in [1.54, 1.807) is 7.11 Å². The molecule has 1 rings (SSSR count). The molecule has 1 aliphatic carbocycles. The molecule has 0 aromatic rings. The van der Waals surface area contributed by atoms with Gasteiger partial charge in [0.1, 0.15) is 12.4 Å². The molecule has 0 unspecified atom stereocenters. The normalized spacial score (nSPS) is 19.2. The van der Waals surface area contributed by atoms with E-state index in [9.17, 15) is 0 Å². The first-order valence-electron chi connectivity index (χ1n) is 3.39. The lowest BCUT2D eigenvalue weighted by Crippen LogP contribution is -2.33. The lowest BCUT2D eigenvalue weighted by molar-refractivity contribution is 0.242. The summed E-state index contributed by atoms with van der Waals surface area (Å²) in [5.74, 6) is 5.91. The molecule has 0 radical (unpaired) electrons. The Morgan fingerprint density at radius 3 is 2.90 bits per heavy atom. The van der Waals surface area contributed by atoms with E-state index in [4.69, 9.17) is 10.6 Å². The molecule has 0 atom stereocenters. The van der Waals surface area contributed by atoms with E-state index >= 15 is 0 Å². The maximum absolute atomic E-state index is 5.17. The summed E-state index contributed by atoms with van der Waals surface area (Å²) in [5, 5.41) is 0. The number of nitrogens with two attached hydrogens (primary N) is 1. The van der Waals surface area contributed by atoms with Crippen molar-refractivity contribution < 1.29 is 4.74 Å². The zero-order valence-electron chi connectivity index (χ0n) is 6.13. The molecule has 0 amide bonds. The minimum absolute atomic E-state index is 0.479. The first-order valence-corrected chi connectivity index (χ1v) is 3.39. The van der Waals surface area contributed by atoms with Crippen molar-refractivity contribution in [2.75, 3.05) is 13.7 Å². The van der Waals surface area contributed by atoms with Crippen LogP contribution in [0.3, 0.4) is 0 Å². The number of hydrogen-bond acceptors (Lipinski definition) is 3. The number of hydrogen-bond donors (Lipinski definition) is 2. The molecule has 1 saturated carbocycles. The van der Waals surface area contributed by atoms with Gasteiger partial charge >= 0.3 is 0 Å². The van der Waals surface area contributed by atoms with Crippen molar-refractivity contribution >= 4 is 5.84 Å². The highest BCUT2D eigenvalue weighted by atomic mass is 16.5. The first kappa shape index (κ1) is 7.50. The van der Waals surface area contributed by atoms with Crippen LogP contribution in [0, 0.1) is 0 Å². The smallest absolute Gasteiger partial charge is 0.137 e. The Morgan fingerprint density at radius 1 is 1.80 bits per heavy atom. The van der Waals surface area contributed by atoms with Gasteiger partial charge in [-0.2, -0.15) is 0 Å². The zero-order valence-corrected chi connectivity index (χ0v) is 6.13. The summed E-state index contributed by atoms with van der Waals surface area (Å²) in [6, 6.07) is 0.501. The predicted molar refractivity (Wildman–Crippen MR) is 39.7 cm³/mol. The molecule has 0 bridgehead atoms. The van der Waals surface area contributed by atoms with E-state index in [1.807, 2.05) is 0 Å². The van der Waals surface area contributed by atoms with Gasteiger partial charge in [0, 0.05) is 7.11 Å². The van der Waals surface area contributed by atoms with Crippen molar-refractivity contribution in [3.8, 4) is 0 Å². The van der Waals surface area contributed by atoms with Crippen molar-refractivity contribution in [3.63, 3.8) is 0 Å². The maximum atomic E-state index is 5.17. The van der Waals surface area contributed by atoms with Gasteiger partial charge in [-0.05, 0) is 12.8 Å². The molecule has 10 heavy (non-hydrogen) atoms. The highest BCUT2D eigenvalue weighted by Gasteiger charge is 2.20. The van der Waals surface area contributed by atoms with Gasteiger partial charge in [0.2, 0.25) is 0 Å². The monoisotopic (exact) mass is 143 g/mol. The van der Waals surface area contributed by atoms with E-state index < -0.39 is 0 Å². The minimum Gasteiger partial charge on any atom is -0.377 e. The predicted octanol–water partition coefficient (Wildman–Crippen LogP) is -0.343. The van der Waals surface area contributed by atoms with E-state index in [0.29, 0.717) is 12.6 Å². The molecular weight excluding hydrogens is 130 g/mol. The molecule has 4 heteroatoms. The molecule has 0 aliphatic heterocycles. The summed E-state index contributed by atoms with van der Waals surface area (Å²) in [6.07, 6.45) is 2.38. The SMILES string of the molecule is COCC(=NC1CC1)NN. The van der Waals surface area contributed by atoms with Gasteiger partial charge < -0.3 is 10.2 Å². The number of ether oxygens (including phenoxy) is 1. The third-order valence-electron chi connectivity index (χ3n) is 1.33. The second-order valence-corrected chi connectivity index (χ2v) is 2.38. The van der Waals surface area contributed by atoms with Gasteiger partial charge in [-0.1, -0.05) is 0 Å². The van der Waals surface area contributed by atoms with Crippen LogP contribution in [0.25, 0.3) is 0 Å². The van der Waals surface area contributed by atoms with Crippen molar-refractivity contribution in [2.24, 2.45) is 10.8 Å². The Morgan fingerprint density at radius 2 is 2.50 bits per heavy atom. The molecule has 0 heterocycles. The van der Waals surface area contributed by atoms with Crippen LogP contribution < -0.4 is 11.3 Å². The molecule has 1 aliphatic rings. The van der Waals surface area contributed by atoms with Crippen LogP contribution in [0.15, 0.2) is 4.99 Å². The fourth-order valence-electron chi connectivity index (χ4n) is 0.677. The number of methoxy groups -OCH3 is 1. The molecule has 0 aromatic carbocycles. The van der Waals surface area contributed by atoms with Crippen molar-refractivity contribution in [2.45, 2.75) is 18.9 Å². The number of aliphatic imine (C=N–C) groups is 1. The summed E-state index contributed by atoms with van der Waals surface area (Å²) in [5.41, 5.74) is 2.50. The third-order valence-corrected chi connectivity index (χ3v) is 1.33. The maximum Gasteiger partial charge on any atom is 0.137 e. The Hall–Kier alpha value is -0.610. The summed E-state index contributed by atoms with van der Waals surface area (Å²) in [4.78, 5) is 4.25. The Bertz CT molecular complexity index is 131. The quantitative estimate of drug-likeness (QED) is 0.246. The largest absolute Gasteiger partial charge is 0.377 e. The number of hydrazine groups is 1. The first-order chi connectivity index (χ1) is 4.86. The van der Waals surface area contributed by atoms with Gasteiger partial charge in [0.15, 0.2) is 0 Å². The number of rotatable bonds is 3. The van der Waals surface area contributed by atoms with Crippen LogP contribution in [0.1, 0.15) is 12.8 Å². The molecule has 58 valence electrons. The van der Waals surface area contributed by atoms with Crippen LogP contribution in [0.2, 0.25) is 0 Å². The Kier molecular flexibility index (Phi) is 2.65. The molecule has 1 fully saturated rings. The third kappa shape index (κ3) is 2.33. The number of nitrogens with zero attached hydrogens (tertiary/aromatic N) is 1. The fourth-order valence-corrected chi connectivity index (χ4v) is 0.677. The molecule has 4 nitrogen and oxygen atoms in total. The van der Waals surface area contributed by atoms with Gasteiger partial charge in [-0.25, -0.2) is 5.84 Å². The summed E-state index contributed by atoms with van der Waals surface area (Å²) >= 11 is 0. The van der Waals surface area contributed by atoms with Crippen LogP contribution in [0.4, 0.5) is 0 Å². The fraction of sp³-hybridized carbons (Fsp3) is 0.833. The Balaban J connectivity index is 2.29. The van der Waals surface area contributed by atoms with Crippen molar-refractivity contribution in [1.82, 2.24) is 5.43 Å². The van der Waals surface area contributed by atoms with E-state index in [-0.39, 0.29) is 0 Å². The van der Waals surface area contributed by atoms with E-state index in [2.05, 4.69) is 10.4 Å². The Labute approximate surface area is 60.4 Å². The summed E-state index contributed by atoms with van der Waals surface area (Å²) in [7, 11) is 1.62. The lowest BCUT2D eigenvalue weighted by atomic mass is 10.6. The van der Waals surface area contributed by atoms with Gasteiger partial charge in [-0.15, -0.1) is 0 Å². The summed E-state index contributed by atoms with van der Waals surface area (Å²) in [6.45, 7) is 0.479. The van der Waals surface area contributed by atoms with Crippen molar-refractivity contribution in [3.05, 3.63) is 0 Å². The summed E-state index contributed by atoms with van der Waals surface area (Å²) < 4.78 is 4.85. The average Bonchev–Trinajstić information content (AvgIpc) is 2.71. The van der Waals surface area contributed by atoms with Crippen LogP contribution in [-0.4, -0.2) is 25.6 Å². The highest BCUT2D eigenvalue weighted by molar-refractivity contribution is 5.83. The van der Waals surface area contributed by atoms with Crippen LogP contribution >= 0.6 is 0 Å². The standard InChI is InChI=1S/C6H13N3O/c1-10-4-6(9-7)8-5-2-3-5/h5H,2-4,7H2,1H3,(H,8,9). The number of amidine groups is 1. The lowest BCUT2D eigenvalue weighted by Gasteiger charge is -2.02. The number of nitrogens with one attached hydrogen (secondary N) is 1. The minimum atomic E-state index is 0.479. The van der Waals surface area contributed by atoms with Gasteiger partial charge in [-0.3, -0.25) is 4.99 Å². The average molecular weight is 143 g/mol. The molecule has 0 saturated heterocycles. The zero-order chi connectivity index (χ0) is 7.40.